The molecule has 0 spiro atoms. The number of amides is 1. The molecule has 5 nitrogen and oxygen atoms in total. The lowest BCUT2D eigenvalue weighted by molar-refractivity contribution is 0.102. The Morgan fingerprint density at radius 3 is 2.30 bits per heavy atom. The number of aryl methyl sites for hydroxylation is 2. The van der Waals surface area contributed by atoms with Crippen LogP contribution in [0.2, 0.25) is 5.02 Å². The average molecular weight is 418 g/mol. The minimum atomic E-state index is -0.364. The van der Waals surface area contributed by atoms with Gasteiger partial charge < -0.3 is 15.5 Å². The molecule has 0 bridgehead atoms. The summed E-state index contributed by atoms with van der Waals surface area (Å²) in [7, 11) is 0. The van der Waals surface area contributed by atoms with Gasteiger partial charge in [-0.15, -0.1) is 0 Å². The highest BCUT2D eigenvalue weighted by molar-refractivity contribution is 6.30. The van der Waals surface area contributed by atoms with Crippen LogP contribution in [0.5, 0.6) is 0 Å². The zero-order chi connectivity index (χ0) is 21.4. The highest BCUT2D eigenvalue weighted by Gasteiger charge is 2.26. The minimum absolute atomic E-state index is 0.142. The third kappa shape index (κ3) is 3.55. The molecule has 150 valence electrons. The number of aromatic nitrogens is 1. The molecule has 4 aromatic rings. The first kappa shape index (κ1) is 19.7. The summed E-state index contributed by atoms with van der Waals surface area (Å²) in [5.41, 5.74) is 10.8. The van der Waals surface area contributed by atoms with Crippen LogP contribution in [0.4, 0.5) is 11.4 Å². The van der Waals surface area contributed by atoms with Crippen molar-refractivity contribution in [2.75, 3.05) is 11.1 Å². The number of nitrogens with zero attached hydrogens (tertiary/aromatic N) is 1. The first-order chi connectivity index (χ1) is 14.3. The fraction of sp³-hybridized carbons (Fsp3) is 0.0833. The van der Waals surface area contributed by atoms with Gasteiger partial charge in [-0.3, -0.25) is 9.59 Å². The predicted octanol–water partition coefficient (Wildman–Crippen LogP) is 5.28. The number of nitrogen functional groups attached to an aromatic ring is 1. The Kier molecular flexibility index (Phi) is 5.06. The van der Waals surface area contributed by atoms with Crippen molar-refractivity contribution in [3.05, 3.63) is 99.8 Å². The van der Waals surface area contributed by atoms with Gasteiger partial charge in [-0.1, -0.05) is 23.7 Å². The summed E-state index contributed by atoms with van der Waals surface area (Å²) in [6.45, 7) is 3.93. The number of nitrogens with two attached hydrogens (primary N) is 1. The number of carbonyl (C=O) groups excluding carboxylic acids is 2. The Labute approximate surface area is 179 Å². The largest absolute Gasteiger partial charge is 0.396 e. The van der Waals surface area contributed by atoms with E-state index in [4.69, 9.17) is 17.3 Å². The van der Waals surface area contributed by atoms with Crippen LogP contribution in [0, 0.1) is 13.8 Å². The molecule has 0 saturated heterocycles. The lowest BCUT2D eigenvalue weighted by atomic mass is 10.1. The number of carbonyl (C=O) groups is 2. The van der Waals surface area contributed by atoms with E-state index in [1.165, 1.54) is 0 Å². The molecule has 1 amide bonds. The Morgan fingerprint density at radius 2 is 1.63 bits per heavy atom. The van der Waals surface area contributed by atoms with Crippen molar-refractivity contribution >= 4 is 40.2 Å². The number of rotatable bonds is 4. The molecule has 6 heteroatoms. The van der Waals surface area contributed by atoms with Gasteiger partial charge in [-0.25, -0.2) is 0 Å². The normalized spacial score (nSPS) is 10.9. The van der Waals surface area contributed by atoms with Gasteiger partial charge in [-0.2, -0.15) is 0 Å². The first-order valence-corrected chi connectivity index (χ1v) is 9.81. The van der Waals surface area contributed by atoms with Gasteiger partial charge in [0.2, 0.25) is 5.78 Å². The quantitative estimate of drug-likeness (QED) is 0.444. The van der Waals surface area contributed by atoms with Crippen molar-refractivity contribution < 1.29 is 9.59 Å². The van der Waals surface area contributed by atoms with Crippen LogP contribution in [0.3, 0.4) is 0 Å². The second-order valence-corrected chi connectivity index (χ2v) is 7.70. The molecule has 0 fully saturated rings. The van der Waals surface area contributed by atoms with Gasteiger partial charge in [0.1, 0.15) is 5.69 Å². The van der Waals surface area contributed by atoms with Crippen molar-refractivity contribution in [3.63, 3.8) is 0 Å². The Hall–Kier alpha value is -3.57. The summed E-state index contributed by atoms with van der Waals surface area (Å²) in [6.07, 6.45) is 1.72. The molecule has 0 saturated carbocycles. The molecular weight excluding hydrogens is 398 g/mol. The monoisotopic (exact) mass is 417 g/mol. The number of pyridine rings is 1. The summed E-state index contributed by atoms with van der Waals surface area (Å²) in [5.74, 6) is -0.646. The van der Waals surface area contributed by atoms with E-state index >= 15 is 0 Å². The standard InChI is InChI=1S/C24H20ClN3O2/c1-14-11-15(2)13-18(12-14)27-24(30)20-19-5-3-4-10-28(19)22(21(20)26)23(29)16-6-8-17(25)9-7-16/h3-13H,26H2,1-2H3,(H,27,30). The number of benzene rings is 2. The van der Waals surface area contributed by atoms with Gasteiger partial charge in [0.15, 0.2) is 0 Å². The van der Waals surface area contributed by atoms with Crippen LogP contribution in [0.25, 0.3) is 5.52 Å². The number of nitrogens with one attached hydrogen (secondary N) is 1. The van der Waals surface area contributed by atoms with Gasteiger partial charge >= 0.3 is 0 Å². The van der Waals surface area contributed by atoms with Gasteiger partial charge in [0.25, 0.3) is 5.91 Å². The van der Waals surface area contributed by atoms with Crippen molar-refractivity contribution in [2.24, 2.45) is 0 Å². The molecule has 2 heterocycles. The van der Waals surface area contributed by atoms with Gasteiger partial charge in [0.05, 0.1) is 16.8 Å². The number of anilines is 2. The van der Waals surface area contributed by atoms with Crippen molar-refractivity contribution in [3.8, 4) is 0 Å². The first-order valence-electron chi connectivity index (χ1n) is 9.43. The summed E-state index contributed by atoms with van der Waals surface area (Å²) in [4.78, 5) is 26.4. The molecule has 2 aromatic heterocycles. The zero-order valence-corrected chi connectivity index (χ0v) is 17.3. The van der Waals surface area contributed by atoms with Gasteiger partial charge in [-0.05, 0) is 73.5 Å². The molecule has 0 radical (unpaired) electrons. The summed E-state index contributed by atoms with van der Waals surface area (Å²) in [5, 5.41) is 3.45. The van der Waals surface area contributed by atoms with Crippen molar-refractivity contribution in [1.29, 1.82) is 0 Å². The van der Waals surface area contributed by atoms with Crippen molar-refractivity contribution in [2.45, 2.75) is 13.8 Å². The van der Waals surface area contributed by atoms with Crippen LogP contribution < -0.4 is 11.1 Å². The summed E-state index contributed by atoms with van der Waals surface area (Å²) < 4.78 is 1.66. The van der Waals surface area contributed by atoms with E-state index in [1.54, 1.807) is 53.1 Å². The third-order valence-electron chi connectivity index (χ3n) is 4.91. The Morgan fingerprint density at radius 1 is 0.967 bits per heavy atom. The second-order valence-electron chi connectivity index (χ2n) is 7.26. The van der Waals surface area contributed by atoms with Gasteiger partial charge in [0, 0.05) is 22.5 Å². The molecule has 0 aliphatic rings. The van der Waals surface area contributed by atoms with Crippen LogP contribution in [-0.2, 0) is 0 Å². The highest BCUT2D eigenvalue weighted by atomic mass is 35.5. The molecular formula is C24H20ClN3O2. The Bertz CT molecular complexity index is 1270. The lowest BCUT2D eigenvalue weighted by Gasteiger charge is -2.08. The third-order valence-corrected chi connectivity index (χ3v) is 5.16. The van der Waals surface area contributed by atoms with E-state index in [9.17, 15) is 9.59 Å². The smallest absolute Gasteiger partial charge is 0.259 e. The maximum atomic E-state index is 13.2. The number of ketones is 1. The zero-order valence-electron chi connectivity index (χ0n) is 16.6. The Balaban J connectivity index is 1.81. The maximum absolute atomic E-state index is 13.2. The van der Waals surface area contributed by atoms with E-state index < -0.39 is 0 Å². The molecule has 0 unspecified atom stereocenters. The summed E-state index contributed by atoms with van der Waals surface area (Å²) in [6, 6.07) is 17.7. The second kappa shape index (κ2) is 7.69. The number of halogens is 1. The van der Waals surface area contributed by atoms with Crippen LogP contribution in [-0.4, -0.2) is 16.1 Å². The predicted molar refractivity (Wildman–Crippen MR) is 121 cm³/mol. The highest BCUT2D eigenvalue weighted by Crippen LogP contribution is 2.29. The fourth-order valence-corrected chi connectivity index (χ4v) is 3.80. The SMILES string of the molecule is Cc1cc(C)cc(NC(=O)c2c(N)c(C(=O)c3ccc(Cl)cc3)n3ccccc23)c1. The van der Waals surface area contributed by atoms with E-state index in [2.05, 4.69) is 5.32 Å². The van der Waals surface area contributed by atoms with Crippen LogP contribution >= 0.6 is 11.6 Å². The lowest BCUT2D eigenvalue weighted by Crippen LogP contribution is -2.14. The van der Waals surface area contributed by atoms with Crippen molar-refractivity contribution in [1.82, 2.24) is 4.40 Å². The topological polar surface area (TPSA) is 76.6 Å². The van der Waals surface area contributed by atoms with E-state index in [-0.39, 0.29) is 28.6 Å². The molecule has 0 atom stereocenters. The average Bonchev–Trinajstić information content (AvgIpc) is 2.99. The molecule has 0 aliphatic heterocycles. The van der Waals surface area contributed by atoms with E-state index in [0.29, 0.717) is 21.8 Å². The number of fused-ring (bicyclic) bond motifs is 1. The van der Waals surface area contributed by atoms with Crippen LogP contribution in [0.15, 0.2) is 66.9 Å². The van der Waals surface area contributed by atoms with E-state index in [1.807, 2.05) is 32.0 Å². The number of hydrogen-bond donors (Lipinski definition) is 2. The van der Waals surface area contributed by atoms with E-state index in [0.717, 1.165) is 11.1 Å². The number of hydrogen-bond acceptors (Lipinski definition) is 3. The molecule has 2 aromatic carbocycles. The summed E-state index contributed by atoms with van der Waals surface area (Å²) >= 11 is 5.94. The van der Waals surface area contributed by atoms with Crippen LogP contribution in [0.1, 0.15) is 37.5 Å². The molecule has 3 N–H and O–H groups in total. The molecule has 4 rings (SSSR count). The molecule has 30 heavy (non-hydrogen) atoms. The fourth-order valence-electron chi connectivity index (χ4n) is 3.68. The maximum Gasteiger partial charge on any atom is 0.259 e. The minimum Gasteiger partial charge on any atom is -0.396 e. The molecule has 0 aliphatic carbocycles.